The first-order valence-electron chi connectivity index (χ1n) is 12.9. The molecule has 4 aromatic rings. The van der Waals surface area contributed by atoms with Gasteiger partial charge in [-0.2, -0.15) is 0 Å². The highest BCUT2D eigenvalue weighted by atomic mass is 16.2. The highest BCUT2D eigenvalue weighted by Gasteiger charge is 2.33. The number of amides is 2. The van der Waals surface area contributed by atoms with E-state index in [9.17, 15) is 9.59 Å². The van der Waals surface area contributed by atoms with Crippen LogP contribution < -0.4 is 10.2 Å². The molecule has 6 rings (SSSR count). The molecule has 2 amide bonds. The maximum atomic E-state index is 13.7. The number of benzene rings is 4. The first kappa shape index (κ1) is 23.2. The molecule has 5 nitrogen and oxygen atoms in total. The third-order valence-electron chi connectivity index (χ3n) is 7.44. The standard InChI is InChI=1S/C32H29N3O2/c36-31(29-14-6-5-13-28(29)23-9-2-1-3-10-23)33-26-18-16-24(17-19-26)32(37)35-22-27-12-8-20-34(27)21-25-11-4-7-15-30(25)35/h1-7,9-11,13-19,27H,8,12,20-22H2,(H,33,36)/t27-/m0/s1. The number of para-hydroxylation sites is 1. The zero-order valence-corrected chi connectivity index (χ0v) is 20.6. The van der Waals surface area contributed by atoms with Crippen molar-refractivity contribution < 1.29 is 9.59 Å². The molecule has 1 fully saturated rings. The lowest BCUT2D eigenvalue weighted by molar-refractivity contribution is 0.0980. The van der Waals surface area contributed by atoms with Gasteiger partial charge < -0.3 is 10.2 Å². The molecule has 2 aliphatic heterocycles. The van der Waals surface area contributed by atoms with E-state index in [0.29, 0.717) is 29.4 Å². The third-order valence-corrected chi connectivity index (χ3v) is 7.44. The summed E-state index contributed by atoms with van der Waals surface area (Å²) in [5.41, 5.74) is 5.95. The van der Waals surface area contributed by atoms with Gasteiger partial charge in [-0.25, -0.2) is 0 Å². The SMILES string of the molecule is O=C(Nc1ccc(C(=O)N2C[C@@H]3CCCN3Cc3ccccc32)cc1)c1ccccc1-c1ccccc1. The lowest BCUT2D eigenvalue weighted by Gasteiger charge is -2.26. The highest BCUT2D eigenvalue weighted by molar-refractivity contribution is 6.09. The molecular weight excluding hydrogens is 458 g/mol. The minimum atomic E-state index is -0.179. The molecule has 0 aliphatic carbocycles. The summed E-state index contributed by atoms with van der Waals surface area (Å²) < 4.78 is 0. The van der Waals surface area contributed by atoms with Crippen LogP contribution >= 0.6 is 0 Å². The molecule has 37 heavy (non-hydrogen) atoms. The fourth-order valence-electron chi connectivity index (χ4n) is 5.54. The molecule has 184 valence electrons. The van der Waals surface area contributed by atoms with E-state index in [1.54, 1.807) is 12.1 Å². The van der Waals surface area contributed by atoms with Gasteiger partial charge in [0.05, 0.1) is 0 Å². The first-order chi connectivity index (χ1) is 18.2. The normalized spacial score (nSPS) is 17.0. The van der Waals surface area contributed by atoms with E-state index in [0.717, 1.165) is 36.3 Å². The molecule has 5 heteroatoms. The fraction of sp³-hybridized carbons (Fsp3) is 0.188. The number of carbonyl (C=O) groups excluding carboxylic acids is 2. The molecule has 4 aromatic carbocycles. The molecule has 1 atom stereocenters. The van der Waals surface area contributed by atoms with Gasteiger partial charge in [-0.1, -0.05) is 66.7 Å². The maximum absolute atomic E-state index is 13.7. The predicted octanol–water partition coefficient (Wildman–Crippen LogP) is 6.23. The van der Waals surface area contributed by atoms with E-state index in [2.05, 4.69) is 16.3 Å². The molecule has 0 saturated carbocycles. The van der Waals surface area contributed by atoms with Crippen molar-refractivity contribution in [2.75, 3.05) is 23.3 Å². The van der Waals surface area contributed by atoms with E-state index >= 15 is 0 Å². The van der Waals surface area contributed by atoms with E-state index in [-0.39, 0.29) is 11.8 Å². The minimum absolute atomic E-state index is 0.00602. The summed E-state index contributed by atoms with van der Waals surface area (Å²) in [6.45, 7) is 2.67. The van der Waals surface area contributed by atoms with Gasteiger partial charge in [0, 0.05) is 41.6 Å². The smallest absolute Gasteiger partial charge is 0.258 e. The lowest BCUT2D eigenvalue weighted by Crippen LogP contribution is -2.40. The van der Waals surface area contributed by atoms with Crippen LogP contribution in [0.3, 0.4) is 0 Å². The van der Waals surface area contributed by atoms with Crippen molar-refractivity contribution in [2.24, 2.45) is 0 Å². The van der Waals surface area contributed by atoms with Crippen LogP contribution in [0.15, 0.2) is 103 Å². The number of hydrogen-bond donors (Lipinski definition) is 1. The Morgan fingerprint density at radius 3 is 2.35 bits per heavy atom. The van der Waals surface area contributed by atoms with Crippen molar-refractivity contribution in [2.45, 2.75) is 25.4 Å². The number of hydrogen-bond acceptors (Lipinski definition) is 3. The van der Waals surface area contributed by atoms with Crippen LogP contribution in [0.25, 0.3) is 11.1 Å². The molecule has 1 N–H and O–H groups in total. The highest BCUT2D eigenvalue weighted by Crippen LogP contribution is 2.32. The van der Waals surface area contributed by atoms with Crippen LogP contribution in [0, 0.1) is 0 Å². The average molecular weight is 488 g/mol. The van der Waals surface area contributed by atoms with Crippen LogP contribution in [0.5, 0.6) is 0 Å². The second-order valence-corrected chi connectivity index (χ2v) is 9.75. The molecular formula is C32H29N3O2. The molecule has 2 aliphatic rings. The summed E-state index contributed by atoms with van der Waals surface area (Å²) in [5.74, 6) is -0.185. The second-order valence-electron chi connectivity index (χ2n) is 9.75. The summed E-state index contributed by atoms with van der Waals surface area (Å²) in [6.07, 6.45) is 2.30. The van der Waals surface area contributed by atoms with E-state index < -0.39 is 0 Å². The van der Waals surface area contributed by atoms with E-state index in [1.807, 2.05) is 89.8 Å². The monoisotopic (exact) mass is 487 g/mol. The Morgan fingerprint density at radius 1 is 0.784 bits per heavy atom. The summed E-state index contributed by atoms with van der Waals surface area (Å²) in [5, 5.41) is 3.00. The molecule has 0 radical (unpaired) electrons. The number of anilines is 2. The first-order valence-corrected chi connectivity index (χ1v) is 12.9. The topological polar surface area (TPSA) is 52.7 Å². The summed E-state index contributed by atoms with van der Waals surface area (Å²) in [6, 6.07) is 33.3. The quantitative estimate of drug-likeness (QED) is 0.371. The Bertz CT molecular complexity index is 1430. The van der Waals surface area contributed by atoms with Gasteiger partial charge >= 0.3 is 0 Å². The zero-order valence-electron chi connectivity index (χ0n) is 20.6. The fourth-order valence-corrected chi connectivity index (χ4v) is 5.54. The van der Waals surface area contributed by atoms with Crippen molar-refractivity contribution in [1.29, 1.82) is 0 Å². The van der Waals surface area contributed by atoms with Gasteiger partial charge in [0.15, 0.2) is 0 Å². The van der Waals surface area contributed by atoms with Gasteiger partial charge in [0.25, 0.3) is 11.8 Å². The van der Waals surface area contributed by atoms with Crippen LogP contribution in [0.2, 0.25) is 0 Å². The van der Waals surface area contributed by atoms with Crippen molar-refractivity contribution in [3.05, 3.63) is 120 Å². The maximum Gasteiger partial charge on any atom is 0.258 e. The van der Waals surface area contributed by atoms with Gasteiger partial charge in [-0.15, -0.1) is 0 Å². The number of carbonyl (C=O) groups is 2. The van der Waals surface area contributed by atoms with Crippen LogP contribution in [-0.4, -0.2) is 35.8 Å². The molecule has 0 bridgehead atoms. The largest absolute Gasteiger partial charge is 0.322 e. The molecule has 0 spiro atoms. The molecule has 2 heterocycles. The van der Waals surface area contributed by atoms with Crippen molar-refractivity contribution >= 4 is 23.2 Å². The molecule has 0 unspecified atom stereocenters. The summed E-state index contributed by atoms with van der Waals surface area (Å²) >= 11 is 0. The molecule has 0 aromatic heterocycles. The number of nitrogens with zero attached hydrogens (tertiary/aromatic N) is 2. The van der Waals surface area contributed by atoms with Crippen molar-refractivity contribution in [3.63, 3.8) is 0 Å². The Kier molecular flexibility index (Phi) is 6.29. The minimum Gasteiger partial charge on any atom is -0.322 e. The summed E-state index contributed by atoms with van der Waals surface area (Å²) in [4.78, 5) is 31.3. The van der Waals surface area contributed by atoms with Crippen LogP contribution in [0.4, 0.5) is 11.4 Å². The van der Waals surface area contributed by atoms with Gasteiger partial charge in [0.1, 0.15) is 0 Å². The Balaban J connectivity index is 1.22. The Morgan fingerprint density at radius 2 is 1.51 bits per heavy atom. The van der Waals surface area contributed by atoms with Crippen LogP contribution in [0.1, 0.15) is 39.1 Å². The number of nitrogens with one attached hydrogen (secondary N) is 1. The van der Waals surface area contributed by atoms with E-state index in [4.69, 9.17) is 0 Å². The van der Waals surface area contributed by atoms with Gasteiger partial charge in [0.2, 0.25) is 0 Å². The average Bonchev–Trinajstić information content (AvgIpc) is 3.32. The second kappa shape index (κ2) is 10.0. The number of fused-ring (bicyclic) bond motifs is 2. The van der Waals surface area contributed by atoms with Crippen molar-refractivity contribution in [3.8, 4) is 11.1 Å². The van der Waals surface area contributed by atoms with Crippen molar-refractivity contribution in [1.82, 2.24) is 4.90 Å². The molecule has 1 saturated heterocycles. The zero-order chi connectivity index (χ0) is 25.2. The third kappa shape index (κ3) is 4.66. The predicted molar refractivity (Wildman–Crippen MR) is 148 cm³/mol. The van der Waals surface area contributed by atoms with E-state index in [1.165, 1.54) is 12.0 Å². The Hall–Kier alpha value is -4.22. The summed E-state index contributed by atoms with van der Waals surface area (Å²) in [7, 11) is 0. The van der Waals surface area contributed by atoms with Gasteiger partial charge in [-0.05, 0) is 72.5 Å². The lowest BCUT2D eigenvalue weighted by atomic mass is 9.99. The van der Waals surface area contributed by atoms with Gasteiger partial charge in [-0.3, -0.25) is 14.5 Å². The van der Waals surface area contributed by atoms with Crippen LogP contribution in [-0.2, 0) is 6.54 Å². The Labute approximate surface area is 217 Å². The number of rotatable bonds is 4.